The van der Waals surface area contributed by atoms with Crippen LogP contribution in [-0.2, 0) is 4.79 Å². The molecule has 0 aliphatic heterocycles. The molecule has 0 saturated heterocycles. The van der Waals surface area contributed by atoms with Gasteiger partial charge in [0.1, 0.15) is 17.6 Å². The SMILES string of the molecule is CNC(C(=O)O)c1cc(F)ccc1OC. The predicted octanol–water partition coefficient (Wildman–Crippen LogP) is 1.18. The molecule has 0 fully saturated rings. The zero-order valence-corrected chi connectivity index (χ0v) is 8.45. The minimum absolute atomic E-state index is 0.271. The number of methoxy groups -OCH3 is 1. The number of likely N-dealkylation sites (N-methyl/N-ethyl adjacent to an activating group) is 1. The molecule has 5 heteroatoms. The maximum atomic E-state index is 13.0. The summed E-state index contributed by atoms with van der Waals surface area (Å²) in [7, 11) is 2.90. The van der Waals surface area contributed by atoms with Gasteiger partial charge in [0, 0.05) is 5.56 Å². The third kappa shape index (κ3) is 2.44. The lowest BCUT2D eigenvalue weighted by Crippen LogP contribution is -2.25. The minimum atomic E-state index is -1.08. The summed E-state index contributed by atoms with van der Waals surface area (Å²) in [6.45, 7) is 0. The van der Waals surface area contributed by atoms with E-state index in [4.69, 9.17) is 9.84 Å². The fourth-order valence-electron chi connectivity index (χ4n) is 1.34. The number of benzene rings is 1. The highest BCUT2D eigenvalue weighted by Crippen LogP contribution is 2.25. The lowest BCUT2D eigenvalue weighted by molar-refractivity contribution is -0.139. The number of hydrogen-bond donors (Lipinski definition) is 2. The Bertz CT molecular complexity index is 368. The van der Waals surface area contributed by atoms with Gasteiger partial charge in [0.25, 0.3) is 0 Å². The normalized spacial score (nSPS) is 12.2. The number of nitrogens with one attached hydrogen (secondary N) is 1. The third-order valence-corrected chi connectivity index (χ3v) is 2.04. The summed E-state index contributed by atoms with van der Waals surface area (Å²) in [4.78, 5) is 10.9. The maximum Gasteiger partial charge on any atom is 0.325 e. The molecule has 1 unspecified atom stereocenters. The molecule has 0 amide bonds. The van der Waals surface area contributed by atoms with Crippen molar-refractivity contribution in [2.45, 2.75) is 6.04 Å². The van der Waals surface area contributed by atoms with Gasteiger partial charge in [0.15, 0.2) is 0 Å². The summed E-state index contributed by atoms with van der Waals surface area (Å²) in [5.41, 5.74) is 0.271. The number of ether oxygens (including phenoxy) is 1. The van der Waals surface area contributed by atoms with Crippen molar-refractivity contribution in [1.82, 2.24) is 5.32 Å². The van der Waals surface area contributed by atoms with Gasteiger partial charge in [-0.05, 0) is 25.2 Å². The fraction of sp³-hybridized carbons (Fsp3) is 0.300. The Morgan fingerprint density at radius 1 is 1.60 bits per heavy atom. The number of rotatable bonds is 4. The van der Waals surface area contributed by atoms with Crippen molar-refractivity contribution in [3.05, 3.63) is 29.6 Å². The van der Waals surface area contributed by atoms with Crippen LogP contribution in [0.25, 0.3) is 0 Å². The van der Waals surface area contributed by atoms with Crippen LogP contribution in [0.4, 0.5) is 4.39 Å². The molecule has 0 spiro atoms. The lowest BCUT2D eigenvalue weighted by atomic mass is 10.1. The summed E-state index contributed by atoms with van der Waals surface area (Å²) in [6, 6.07) is 2.79. The van der Waals surface area contributed by atoms with Crippen LogP contribution < -0.4 is 10.1 Å². The van der Waals surface area contributed by atoms with Gasteiger partial charge < -0.3 is 15.2 Å². The molecule has 82 valence electrons. The van der Waals surface area contributed by atoms with E-state index in [0.717, 1.165) is 6.07 Å². The van der Waals surface area contributed by atoms with Crippen molar-refractivity contribution in [2.75, 3.05) is 14.2 Å². The molecular weight excluding hydrogens is 201 g/mol. The molecular formula is C10H12FNO3. The van der Waals surface area contributed by atoms with E-state index in [0.29, 0.717) is 5.75 Å². The Morgan fingerprint density at radius 2 is 2.27 bits per heavy atom. The average Bonchev–Trinajstić information content (AvgIpc) is 2.18. The van der Waals surface area contributed by atoms with Crippen LogP contribution in [-0.4, -0.2) is 25.2 Å². The molecule has 0 radical (unpaired) electrons. The van der Waals surface area contributed by atoms with Crippen molar-refractivity contribution in [3.63, 3.8) is 0 Å². The molecule has 2 N–H and O–H groups in total. The Labute approximate surface area is 86.7 Å². The van der Waals surface area contributed by atoms with Crippen LogP contribution in [0, 0.1) is 5.82 Å². The number of halogens is 1. The summed E-state index contributed by atoms with van der Waals surface area (Å²) in [5, 5.41) is 11.5. The molecule has 1 aromatic rings. The standard InChI is InChI=1S/C10H12FNO3/c1-12-9(10(13)14)7-5-6(11)3-4-8(7)15-2/h3-5,9,12H,1-2H3,(H,13,14). The Balaban J connectivity index is 3.19. The second kappa shape index (κ2) is 4.75. The molecule has 0 saturated carbocycles. The second-order valence-corrected chi connectivity index (χ2v) is 2.95. The monoisotopic (exact) mass is 213 g/mol. The number of hydrogen-bond acceptors (Lipinski definition) is 3. The second-order valence-electron chi connectivity index (χ2n) is 2.95. The van der Waals surface area contributed by atoms with E-state index in [9.17, 15) is 9.18 Å². The third-order valence-electron chi connectivity index (χ3n) is 2.04. The summed E-state index contributed by atoms with van der Waals surface area (Å²) < 4.78 is 17.9. The van der Waals surface area contributed by atoms with E-state index in [2.05, 4.69) is 5.32 Å². The van der Waals surface area contributed by atoms with E-state index in [-0.39, 0.29) is 5.56 Å². The molecule has 0 heterocycles. The molecule has 1 atom stereocenters. The van der Waals surface area contributed by atoms with Crippen LogP contribution >= 0.6 is 0 Å². The van der Waals surface area contributed by atoms with Gasteiger partial charge in [0.2, 0.25) is 0 Å². The molecule has 0 bridgehead atoms. The predicted molar refractivity (Wildman–Crippen MR) is 52.4 cm³/mol. The highest BCUT2D eigenvalue weighted by molar-refractivity contribution is 5.76. The topological polar surface area (TPSA) is 58.6 Å². The maximum absolute atomic E-state index is 13.0. The highest BCUT2D eigenvalue weighted by Gasteiger charge is 2.21. The lowest BCUT2D eigenvalue weighted by Gasteiger charge is -2.15. The van der Waals surface area contributed by atoms with Crippen molar-refractivity contribution < 1.29 is 19.0 Å². The van der Waals surface area contributed by atoms with Gasteiger partial charge in [-0.25, -0.2) is 4.39 Å². The van der Waals surface area contributed by atoms with Crippen LogP contribution in [0.5, 0.6) is 5.75 Å². The number of carbonyl (C=O) groups is 1. The van der Waals surface area contributed by atoms with E-state index in [1.165, 1.54) is 26.3 Å². The van der Waals surface area contributed by atoms with Crippen LogP contribution in [0.1, 0.15) is 11.6 Å². The largest absolute Gasteiger partial charge is 0.496 e. The zero-order chi connectivity index (χ0) is 11.4. The highest BCUT2D eigenvalue weighted by atomic mass is 19.1. The number of aliphatic carboxylic acids is 1. The molecule has 1 rings (SSSR count). The van der Waals surface area contributed by atoms with E-state index >= 15 is 0 Å². The van der Waals surface area contributed by atoms with Crippen LogP contribution in [0.3, 0.4) is 0 Å². The van der Waals surface area contributed by atoms with E-state index < -0.39 is 17.8 Å². The fourth-order valence-corrected chi connectivity index (χ4v) is 1.34. The zero-order valence-electron chi connectivity index (χ0n) is 8.45. The Hall–Kier alpha value is -1.62. The van der Waals surface area contributed by atoms with Gasteiger partial charge >= 0.3 is 5.97 Å². The summed E-state index contributed by atoms with van der Waals surface area (Å²) in [5.74, 6) is -1.23. The molecule has 15 heavy (non-hydrogen) atoms. The first-order valence-corrected chi connectivity index (χ1v) is 4.33. The van der Waals surface area contributed by atoms with Gasteiger partial charge in [-0.3, -0.25) is 4.79 Å². The van der Waals surface area contributed by atoms with E-state index in [1.54, 1.807) is 0 Å². The minimum Gasteiger partial charge on any atom is -0.496 e. The van der Waals surface area contributed by atoms with Crippen molar-refractivity contribution in [3.8, 4) is 5.75 Å². The molecule has 0 aromatic heterocycles. The van der Waals surface area contributed by atoms with Crippen molar-refractivity contribution in [2.24, 2.45) is 0 Å². The first-order chi connectivity index (χ1) is 7.10. The van der Waals surface area contributed by atoms with Crippen molar-refractivity contribution >= 4 is 5.97 Å². The quantitative estimate of drug-likeness (QED) is 0.788. The Kier molecular flexibility index (Phi) is 3.62. The number of carboxylic acid groups (broad SMARTS) is 1. The molecule has 0 aliphatic rings. The average molecular weight is 213 g/mol. The van der Waals surface area contributed by atoms with Crippen LogP contribution in [0.15, 0.2) is 18.2 Å². The van der Waals surface area contributed by atoms with Crippen LogP contribution in [0.2, 0.25) is 0 Å². The first-order valence-electron chi connectivity index (χ1n) is 4.33. The molecule has 1 aromatic carbocycles. The summed E-state index contributed by atoms with van der Waals surface area (Å²) >= 11 is 0. The molecule has 4 nitrogen and oxygen atoms in total. The Morgan fingerprint density at radius 3 is 2.73 bits per heavy atom. The first kappa shape index (κ1) is 11.5. The molecule has 0 aliphatic carbocycles. The smallest absolute Gasteiger partial charge is 0.325 e. The number of carboxylic acids is 1. The van der Waals surface area contributed by atoms with Gasteiger partial charge in [0.05, 0.1) is 7.11 Å². The summed E-state index contributed by atoms with van der Waals surface area (Å²) in [6.07, 6.45) is 0. The van der Waals surface area contributed by atoms with Gasteiger partial charge in [-0.15, -0.1) is 0 Å². The van der Waals surface area contributed by atoms with E-state index in [1.807, 2.05) is 0 Å². The van der Waals surface area contributed by atoms with Crippen molar-refractivity contribution in [1.29, 1.82) is 0 Å². The van der Waals surface area contributed by atoms with Gasteiger partial charge in [-0.1, -0.05) is 0 Å². The van der Waals surface area contributed by atoms with Gasteiger partial charge in [-0.2, -0.15) is 0 Å².